The van der Waals surface area contributed by atoms with E-state index in [1.54, 1.807) is 36.5 Å². The second-order valence-electron chi connectivity index (χ2n) is 10.4. The number of pyridine rings is 1. The normalized spacial score (nSPS) is 12.1. The van der Waals surface area contributed by atoms with Crippen molar-refractivity contribution in [1.82, 2.24) is 10.3 Å². The van der Waals surface area contributed by atoms with Crippen LogP contribution in [0.5, 0.6) is 11.5 Å². The highest BCUT2D eigenvalue weighted by Gasteiger charge is 2.38. The van der Waals surface area contributed by atoms with Gasteiger partial charge in [-0.2, -0.15) is 13.2 Å². The van der Waals surface area contributed by atoms with Crippen LogP contribution in [-0.2, 0) is 26.0 Å². The first kappa shape index (κ1) is 36.4. The molecule has 4 aromatic rings. The number of fused-ring (bicyclic) bond motifs is 1. The Bertz CT molecular complexity index is 1830. The van der Waals surface area contributed by atoms with E-state index in [9.17, 15) is 26.4 Å². The van der Waals surface area contributed by atoms with Crippen LogP contribution in [-0.4, -0.2) is 55.5 Å². The zero-order chi connectivity index (χ0) is 34.9. The Morgan fingerprint density at radius 3 is 2.32 bits per heavy atom. The van der Waals surface area contributed by atoms with Gasteiger partial charge in [0, 0.05) is 30.1 Å². The van der Waals surface area contributed by atoms with Crippen molar-refractivity contribution >= 4 is 44.0 Å². The molecule has 1 amide bonds. The lowest BCUT2D eigenvalue weighted by molar-refractivity contribution is -0.192. The number of hydrogen-bond donors (Lipinski definition) is 4. The fourth-order valence-electron chi connectivity index (χ4n) is 4.38. The number of carboxylic acid groups (broad SMARTS) is 1. The molecular formula is C32H35F3N4O7S. The number of benzene rings is 3. The number of hydrogen-bond acceptors (Lipinski definition) is 9. The molecule has 15 heteroatoms. The number of halogens is 3. The van der Waals surface area contributed by atoms with Gasteiger partial charge in [0.25, 0.3) is 0 Å². The number of carbonyl (C=O) groups is 2. The SMILES string of the molecule is CCOc1cc(C(Nc2ccc3c(N)nccc3c2)C(=O)NCc2ccccc2S(C)(=O)=O)ccc1OC(C)C.O=C(O)C(F)(F)F. The van der Waals surface area contributed by atoms with E-state index in [-0.39, 0.29) is 23.5 Å². The molecule has 0 aliphatic rings. The van der Waals surface area contributed by atoms with Crippen LogP contribution < -0.4 is 25.8 Å². The maximum atomic E-state index is 13.7. The molecule has 0 spiro atoms. The zero-order valence-electron chi connectivity index (χ0n) is 26.0. The Kier molecular flexibility index (Phi) is 12.0. The second kappa shape index (κ2) is 15.5. The number of amides is 1. The molecular weight excluding hydrogens is 641 g/mol. The number of nitrogens with zero attached hydrogens (tertiary/aromatic N) is 1. The largest absolute Gasteiger partial charge is 0.490 e. The summed E-state index contributed by atoms with van der Waals surface area (Å²) in [5, 5.41) is 15.0. The van der Waals surface area contributed by atoms with Gasteiger partial charge in [0.2, 0.25) is 5.91 Å². The minimum atomic E-state index is -5.08. The highest BCUT2D eigenvalue weighted by atomic mass is 32.2. The standard InChI is InChI=1S/C30H34N4O5S.C2HF3O2/c1-5-38-26-17-21(10-13-25(26)39-19(2)3)28(34-23-11-12-24-20(16-23)14-15-32-29(24)31)30(35)33-18-22-8-6-7-9-27(22)40(4,36)37;3-2(4,5)1(6)7/h6-17,19,28,34H,5,18H2,1-4H3,(H2,31,32)(H,33,35);(H,6,7). The van der Waals surface area contributed by atoms with E-state index in [4.69, 9.17) is 25.1 Å². The molecule has 1 atom stereocenters. The number of aliphatic carboxylic acids is 1. The molecule has 11 nitrogen and oxygen atoms in total. The number of ether oxygens (including phenoxy) is 2. The highest BCUT2D eigenvalue weighted by molar-refractivity contribution is 7.90. The molecule has 4 rings (SSSR count). The number of carbonyl (C=O) groups excluding carboxylic acids is 1. The van der Waals surface area contributed by atoms with Gasteiger partial charge in [-0.3, -0.25) is 4.79 Å². The molecule has 1 heterocycles. The molecule has 0 saturated carbocycles. The Morgan fingerprint density at radius 1 is 1.02 bits per heavy atom. The van der Waals surface area contributed by atoms with E-state index in [1.165, 1.54) is 6.07 Å². The van der Waals surface area contributed by atoms with Crippen molar-refractivity contribution in [2.75, 3.05) is 23.9 Å². The van der Waals surface area contributed by atoms with Gasteiger partial charge >= 0.3 is 12.1 Å². The summed E-state index contributed by atoms with van der Waals surface area (Å²) in [5.41, 5.74) is 7.85. The monoisotopic (exact) mass is 676 g/mol. The van der Waals surface area contributed by atoms with Crippen LogP contribution in [0, 0.1) is 0 Å². The number of nitrogens with two attached hydrogens (primary N) is 1. The van der Waals surface area contributed by atoms with Crippen molar-refractivity contribution in [1.29, 1.82) is 0 Å². The Balaban J connectivity index is 0.000000771. The number of nitrogens with one attached hydrogen (secondary N) is 2. The Hall–Kier alpha value is -5.05. The third-order valence-corrected chi connectivity index (χ3v) is 7.60. The maximum absolute atomic E-state index is 13.7. The van der Waals surface area contributed by atoms with Crippen molar-refractivity contribution in [2.45, 2.75) is 50.5 Å². The van der Waals surface area contributed by atoms with E-state index in [2.05, 4.69) is 15.6 Å². The van der Waals surface area contributed by atoms with E-state index in [0.717, 1.165) is 17.0 Å². The highest BCUT2D eigenvalue weighted by Crippen LogP contribution is 2.33. The summed E-state index contributed by atoms with van der Waals surface area (Å²) in [6.07, 6.45) is -2.36. The van der Waals surface area contributed by atoms with Gasteiger partial charge in [-0.05, 0) is 79.7 Å². The number of aromatic nitrogens is 1. The van der Waals surface area contributed by atoms with E-state index in [0.29, 0.717) is 40.7 Å². The summed E-state index contributed by atoms with van der Waals surface area (Å²) in [5.74, 6) is -1.58. The summed E-state index contributed by atoms with van der Waals surface area (Å²) in [7, 11) is -3.47. The molecule has 0 aliphatic heterocycles. The van der Waals surface area contributed by atoms with Gasteiger partial charge in [0.05, 0.1) is 17.6 Å². The topological polar surface area (TPSA) is 170 Å². The zero-order valence-corrected chi connectivity index (χ0v) is 26.8. The molecule has 0 radical (unpaired) electrons. The molecule has 1 unspecified atom stereocenters. The number of alkyl halides is 3. The van der Waals surface area contributed by atoms with Crippen LogP contribution in [0.4, 0.5) is 24.7 Å². The van der Waals surface area contributed by atoms with Crippen LogP contribution in [0.1, 0.15) is 37.9 Å². The fraction of sp³-hybridized carbons (Fsp3) is 0.281. The number of carboxylic acids is 1. The first-order valence-corrected chi connectivity index (χ1v) is 16.1. The third kappa shape index (κ3) is 10.2. The van der Waals surface area contributed by atoms with E-state index < -0.39 is 28.0 Å². The molecule has 0 saturated heterocycles. The smallest absolute Gasteiger partial charge is 0.490 e. The van der Waals surface area contributed by atoms with Crippen LogP contribution in [0.25, 0.3) is 10.8 Å². The first-order valence-electron chi connectivity index (χ1n) is 14.2. The Morgan fingerprint density at radius 2 is 1.70 bits per heavy atom. The summed E-state index contributed by atoms with van der Waals surface area (Å²) in [4.78, 5) is 26.9. The second-order valence-corrected chi connectivity index (χ2v) is 12.4. The van der Waals surface area contributed by atoms with Crippen LogP contribution in [0.2, 0.25) is 0 Å². The lowest BCUT2D eigenvalue weighted by atomic mass is 10.0. The van der Waals surface area contributed by atoms with Crippen molar-refractivity contribution in [2.24, 2.45) is 0 Å². The lowest BCUT2D eigenvalue weighted by Gasteiger charge is -2.23. The minimum Gasteiger partial charge on any atom is -0.490 e. The molecule has 0 aliphatic carbocycles. The predicted molar refractivity (Wildman–Crippen MR) is 171 cm³/mol. The minimum absolute atomic E-state index is 0.0348. The average molecular weight is 677 g/mol. The summed E-state index contributed by atoms with van der Waals surface area (Å²) < 4.78 is 68.0. The van der Waals surface area contributed by atoms with Crippen molar-refractivity contribution in [3.63, 3.8) is 0 Å². The van der Waals surface area contributed by atoms with Gasteiger partial charge in [-0.1, -0.05) is 24.3 Å². The molecule has 1 aromatic heterocycles. The average Bonchev–Trinajstić information content (AvgIpc) is 2.99. The lowest BCUT2D eigenvalue weighted by Crippen LogP contribution is -2.33. The number of rotatable bonds is 11. The van der Waals surface area contributed by atoms with Crippen LogP contribution in [0.3, 0.4) is 0 Å². The van der Waals surface area contributed by atoms with Crippen molar-refractivity contribution in [3.05, 3.63) is 84.1 Å². The van der Waals surface area contributed by atoms with Gasteiger partial charge in [-0.25, -0.2) is 18.2 Å². The molecule has 3 aromatic carbocycles. The number of nitrogen functional groups attached to an aromatic ring is 1. The number of anilines is 2. The molecule has 0 fully saturated rings. The van der Waals surface area contributed by atoms with Crippen molar-refractivity contribution in [3.8, 4) is 11.5 Å². The third-order valence-electron chi connectivity index (χ3n) is 6.40. The quantitative estimate of drug-likeness (QED) is 0.159. The van der Waals surface area contributed by atoms with Gasteiger partial charge in [0.1, 0.15) is 11.9 Å². The summed E-state index contributed by atoms with van der Waals surface area (Å²) in [6, 6.07) is 18.6. The van der Waals surface area contributed by atoms with Crippen LogP contribution >= 0.6 is 0 Å². The number of sulfone groups is 1. The first-order chi connectivity index (χ1) is 22.0. The maximum Gasteiger partial charge on any atom is 0.490 e. The van der Waals surface area contributed by atoms with E-state index in [1.807, 2.05) is 51.1 Å². The van der Waals surface area contributed by atoms with E-state index >= 15 is 0 Å². The van der Waals surface area contributed by atoms with Gasteiger partial charge < -0.3 is 30.9 Å². The molecule has 47 heavy (non-hydrogen) atoms. The molecule has 5 N–H and O–H groups in total. The summed E-state index contributed by atoms with van der Waals surface area (Å²) >= 11 is 0. The van der Waals surface area contributed by atoms with Gasteiger partial charge in [-0.15, -0.1) is 0 Å². The molecule has 252 valence electrons. The fourth-order valence-corrected chi connectivity index (χ4v) is 5.32. The van der Waals surface area contributed by atoms with Crippen molar-refractivity contribution < 1.29 is 45.8 Å². The summed E-state index contributed by atoms with van der Waals surface area (Å²) in [6.45, 7) is 6.19. The molecule has 0 bridgehead atoms. The Labute approximate surface area is 269 Å². The van der Waals surface area contributed by atoms with Crippen LogP contribution in [0.15, 0.2) is 77.8 Å². The predicted octanol–water partition coefficient (Wildman–Crippen LogP) is 5.51. The van der Waals surface area contributed by atoms with Gasteiger partial charge in [0.15, 0.2) is 21.3 Å².